The van der Waals surface area contributed by atoms with Crippen LogP contribution in [0.5, 0.6) is 5.75 Å². The van der Waals surface area contributed by atoms with E-state index in [1.165, 1.54) is 0 Å². The molecule has 1 atom stereocenters. The van der Waals surface area contributed by atoms with Crippen LogP contribution >= 0.6 is 0 Å². The molecule has 0 radical (unpaired) electrons. The van der Waals surface area contributed by atoms with Gasteiger partial charge >= 0.3 is 0 Å². The monoisotopic (exact) mass is 358 g/mol. The molecule has 2 aromatic rings. The molecule has 1 aliphatic rings. The molecule has 0 unspecified atom stereocenters. The van der Waals surface area contributed by atoms with E-state index in [0.717, 1.165) is 42.4 Å². The number of methoxy groups -OCH3 is 1. The summed E-state index contributed by atoms with van der Waals surface area (Å²) in [5.41, 5.74) is 1.12. The Bertz CT molecular complexity index is 728. The Labute approximate surface area is 154 Å². The second-order valence-electron chi connectivity index (χ2n) is 6.51. The van der Waals surface area contributed by atoms with Crippen LogP contribution in [-0.2, 0) is 16.0 Å². The minimum absolute atomic E-state index is 0.0414. The molecule has 1 aromatic heterocycles. The number of benzene rings is 1. The van der Waals surface area contributed by atoms with Crippen molar-refractivity contribution in [1.82, 2.24) is 9.88 Å². The Hall–Kier alpha value is -2.34. The third-order valence-corrected chi connectivity index (χ3v) is 4.64. The van der Waals surface area contributed by atoms with E-state index in [9.17, 15) is 4.79 Å². The van der Waals surface area contributed by atoms with Gasteiger partial charge in [-0.3, -0.25) is 4.79 Å². The Morgan fingerprint density at radius 2 is 2.31 bits per heavy atom. The number of nitrogens with zero attached hydrogens (tertiary/aromatic N) is 2. The Morgan fingerprint density at radius 3 is 3.12 bits per heavy atom. The molecule has 0 spiro atoms. The molecule has 3 rings (SSSR count). The van der Waals surface area contributed by atoms with Crippen molar-refractivity contribution in [3.05, 3.63) is 47.7 Å². The van der Waals surface area contributed by atoms with Crippen molar-refractivity contribution >= 4 is 5.91 Å². The van der Waals surface area contributed by atoms with Crippen LogP contribution in [0.25, 0.3) is 0 Å². The molecule has 0 bridgehead atoms. The van der Waals surface area contributed by atoms with Crippen LogP contribution < -0.4 is 4.74 Å². The number of rotatable bonds is 7. The van der Waals surface area contributed by atoms with E-state index in [1.54, 1.807) is 13.3 Å². The number of aromatic nitrogens is 1. The number of oxazole rings is 1. The molecule has 6 nitrogen and oxygen atoms in total. The number of piperidine rings is 1. The highest BCUT2D eigenvalue weighted by Gasteiger charge is 2.27. The molecule has 1 aliphatic heterocycles. The summed E-state index contributed by atoms with van der Waals surface area (Å²) in [7, 11) is 1.66. The lowest BCUT2D eigenvalue weighted by Crippen LogP contribution is -2.41. The molecule has 0 N–H and O–H groups in total. The third-order valence-electron chi connectivity index (χ3n) is 4.64. The van der Waals surface area contributed by atoms with E-state index in [4.69, 9.17) is 13.9 Å². The molecule has 0 saturated carbocycles. The molecular formula is C20H26N2O4. The van der Waals surface area contributed by atoms with Gasteiger partial charge in [0.05, 0.1) is 19.2 Å². The van der Waals surface area contributed by atoms with Gasteiger partial charge in [-0.25, -0.2) is 4.98 Å². The summed E-state index contributed by atoms with van der Waals surface area (Å²) in [6.07, 6.45) is 4.40. The predicted octanol–water partition coefficient (Wildman–Crippen LogP) is 3.02. The fraction of sp³-hybridized carbons (Fsp3) is 0.500. The molecule has 1 saturated heterocycles. The van der Waals surface area contributed by atoms with Crippen molar-refractivity contribution < 1.29 is 18.7 Å². The van der Waals surface area contributed by atoms with Crippen molar-refractivity contribution in [3.8, 4) is 5.75 Å². The van der Waals surface area contributed by atoms with Crippen LogP contribution in [0.4, 0.5) is 0 Å². The summed E-state index contributed by atoms with van der Waals surface area (Å²) in [5, 5.41) is 0. The molecule has 1 fully saturated rings. The summed E-state index contributed by atoms with van der Waals surface area (Å²) in [6, 6.07) is 7.93. The van der Waals surface area contributed by atoms with Crippen molar-refractivity contribution in [2.75, 3.05) is 33.4 Å². The highest BCUT2D eigenvalue weighted by atomic mass is 16.5. The SMILES string of the molecule is CCOCC(=O)N1CCC[C@@H](c2ncc(Cc3cccc(OC)c3)o2)C1. The lowest BCUT2D eigenvalue weighted by molar-refractivity contribution is -0.137. The van der Waals surface area contributed by atoms with Crippen molar-refractivity contribution in [2.45, 2.75) is 32.1 Å². The standard InChI is InChI=1S/C20H26N2O4/c1-3-25-14-19(23)22-9-5-7-16(13-22)20-21-12-18(26-20)11-15-6-4-8-17(10-15)24-2/h4,6,8,10,12,16H,3,5,7,9,11,13-14H2,1-2H3/t16-/m1/s1. The average molecular weight is 358 g/mol. The minimum Gasteiger partial charge on any atom is -0.497 e. The summed E-state index contributed by atoms with van der Waals surface area (Å²) >= 11 is 0. The number of ether oxygens (including phenoxy) is 2. The van der Waals surface area contributed by atoms with Crippen LogP contribution in [-0.4, -0.2) is 49.2 Å². The van der Waals surface area contributed by atoms with Crippen molar-refractivity contribution in [1.29, 1.82) is 0 Å². The number of hydrogen-bond donors (Lipinski definition) is 0. The molecule has 26 heavy (non-hydrogen) atoms. The van der Waals surface area contributed by atoms with E-state index in [2.05, 4.69) is 4.98 Å². The molecule has 0 aliphatic carbocycles. The van der Waals surface area contributed by atoms with E-state index >= 15 is 0 Å². The number of amides is 1. The first-order valence-corrected chi connectivity index (χ1v) is 9.12. The second-order valence-corrected chi connectivity index (χ2v) is 6.51. The minimum atomic E-state index is 0.0414. The Morgan fingerprint density at radius 1 is 1.42 bits per heavy atom. The lowest BCUT2D eigenvalue weighted by Gasteiger charge is -2.31. The number of likely N-dealkylation sites (tertiary alicyclic amines) is 1. The van der Waals surface area contributed by atoms with Crippen LogP contribution in [0.3, 0.4) is 0 Å². The fourth-order valence-corrected chi connectivity index (χ4v) is 3.26. The quantitative estimate of drug-likeness (QED) is 0.761. The zero-order valence-electron chi connectivity index (χ0n) is 15.4. The first kappa shape index (κ1) is 18.5. The van der Waals surface area contributed by atoms with Crippen molar-refractivity contribution in [3.63, 3.8) is 0 Å². The van der Waals surface area contributed by atoms with E-state index < -0.39 is 0 Å². The molecular weight excluding hydrogens is 332 g/mol. The predicted molar refractivity (Wildman–Crippen MR) is 97.4 cm³/mol. The van der Waals surface area contributed by atoms with E-state index in [1.807, 2.05) is 36.1 Å². The second kappa shape index (κ2) is 8.85. The largest absolute Gasteiger partial charge is 0.497 e. The van der Waals surface area contributed by atoms with Gasteiger partial charge in [0.2, 0.25) is 5.91 Å². The van der Waals surface area contributed by atoms with Gasteiger partial charge in [-0.1, -0.05) is 12.1 Å². The van der Waals surface area contributed by atoms with Gasteiger partial charge in [0.25, 0.3) is 0 Å². The van der Waals surface area contributed by atoms with Crippen LogP contribution in [0.1, 0.15) is 42.9 Å². The normalized spacial score (nSPS) is 17.3. The zero-order chi connectivity index (χ0) is 18.4. The van der Waals surface area contributed by atoms with Gasteiger partial charge in [-0.05, 0) is 37.5 Å². The van der Waals surface area contributed by atoms with E-state index in [-0.39, 0.29) is 18.4 Å². The maximum Gasteiger partial charge on any atom is 0.248 e. The molecule has 1 aromatic carbocycles. The molecule has 140 valence electrons. The zero-order valence-corrected chi connectivity index (χ0v) is 15.4. The first-order valence-electron chi connectivity index (χ1n) is 9.12. The fourth-order valence-electron chi connectivity index (χ4n) is 3.26. The van der Waals surface area contributed by atoms with Crippen LogP contribution in [0, 0.1) is 0 Å². The van der Waals surface area contributed by atoms with Crippen molar-refractivity contribution in [2.24, 2.45) is 0 Å². The lowest BCUT2D eigenvalue weighted by atomic mass is 9.98. The topological polar surface area (TPSA) is 64.8 Å². The summed E-state index contributed by atoms with van der Waals surface area (Å²) < 4.78 is 16.5. The summed E-state index contributed by atoms with van der Waals surface area (Å²) in [4.78, 5) is 18.5. The van der Waals surface area contributed by atoms with Gasteiger partial charge in [0.1, 0.15) is 18.1 Å². The van der Waals surface area contributed by atoms with Gasteiger partial charge in [0.15, 0.2) is 5.89 Å². The highest BCUT2D eigenvalue weighted by molar-refractivity contribution is 5.77. The third kappa shape index (κ3) is 4.64. The maximum atomic E-state index is 12.2. The maximum absolute atomic E-state index is 12.2. The number of carbonyl (C=O) groups excluding carboxylic acids is 1. The molecule has 6 heteroatoms. The smallest absolute Gasteiger partial charge is 0.248 e. The van der Waals surface area contributed by atoms with Gasteiger partial charge in [-0.15, -0.1) is 0 Å². The number of carbonyl (C=O) groups is 1. The van der Waals surface area contributed by atoms with Crippen LogP contribution in [0.15, 0.2) is 34.9 Å². The first-order chi connectivity index (χ1) is 12.7. The Kier molecular flexibility index (Phi) is 6.28. The number of hydrogen-bond acceptors (Lipinski definition) is 5. The van der Waals surface area contributed by atoms with Crippen LogP contribution in [0.2, 0.25) is 0 Å². The Balaban J connectivity index is 1.62. The highest BCUT2D eigenvalue weighted by Crippen LogP contribution is 2.27. The van der Waals surface area contributed by atoms with Gasteiger partial charge in [-0.2, -0.15) is 0 Å². The molecule has 2 heterocycles. The molecule has 1 amide bonds. The van der Waals surface area contributed by atoms with Gasteiger partial charge < -0.3 is 18.8 Å². The van der Waals surface area contributed by atoms with Gasteiger partial charge in [0, 0.05) is 26.1 Å². The summed E-state index contributed by atoms with van der Waals surface area (Å²) in [5.74, 6) is 2.56. The average Bonchev–Trinajstić information content (AvgIpc) is 3.15. The summed E-state index contributed by atoms with van der Waals surface area (Å²) in [6.45, 7) is 4.01. The van der Waals surface area contributed by atoms with E-state index in [0.29, 0.717) is 19.6 Å².